The van der Waals surface area contributed by atoms with Crippen molar-refractivity contribution in [2.24, 2.45) is 0 Å². The number of carbonyl (C=O) groups is 1. The Hall–Kier alpha value is -1.16. The lowest BCUT2D eigenvalue weighted by Crippen LogP contribution is -2.24. The molecule has 0 aromatic heterocycles. The molecule has 0 heterocycles. The van der Waals surface area contributed by atoms with Crippen molar-refractivity contribution < 1.29 is 23.5 Å². The summed E-state index contributed by atoms with van der Waals surface area (Å²) in [6.45, 7) is 3.92. The van der Waals surface area contributed by atoms with Gasteiger partial charge in [-0.25, -0.2) is 0 Å². The molecule has 0 saturated carbocycles. The molecule has 1 aromatic carbocycles. The van der Waals surface area contributed by atoms with Crippen LogP contribution in [0.5, 0.6) is 0 Å². The molecule has 0 radical (unpaired) electrons. The summed E-state index contributed by atoms with van der Waals surface area (Å²) in [6, 6.07) is 7.29. The average Bonchev–Trinajstić information content (AvgIpc) is 2.79. The molecule has 20 heavy (non-hydrogen) atoms. The standard InChI is InChI=1S/C14H19O5P/c1-3-18-20(17,19-4-2)12-9-10-7-5-6-8-11(10)13(12)14(15)16/h5-8,12-13H,3-4,9H2,1-2H3,(H,15,16)/t12-,13-/m0/s1. The summed E-state index contributed by atoms with van der Waals surface area (Å²) < 4.78 is 23.6. The zero-order valence-electron chi connectivity index (χ0n) is 11.6. The van der Waals surface area contributed by atoms with Gasteiger partial charge < -0.3 is 14.2 Å². The maximum absolute atomic E-state index is 12.9. The van der Waals surface area contributed by atoms with Gasteiger partial charge in [-0.2, -0.15) is 0 Å². The number of hydrogen-bond donors (Lipinski definition) is 1. The summed E-state index contributed by atoms with van der Waals surface area (Å²) in [6.07, 6.45) is 0.407. The number of aliphatic carboxylic acids is 1. The van der Waals surface area contributed by atoms with Gasteiger partial charge in [-0.15, -0.1) is 0 Å². The van der Waals surface area contributed by atoms with E-state index in [1.165, 1.54) is 0 Å². The van der Waals surface area contributed by atoms with Gasteiger partial charge >= 0.3 is 13.6 Å². The fourth-order valence-electron chi connectivity index (χ4n) is 2.75. The van der Waals surface area contributed by atoms with Crippen LogP contribution < -0.4 is 0 Å². The van der Waals surface area contributed by atoms with Crippen LogP contribution >= 0.6 is 7.60 Å². The van der Waals surface area contributed by atoms with Gasteiger partial charge in [0.15, 0.2) is 0 Å². The maximum atomic E-state index is 12.9. The van der Waals surface area contributed by atoms with Crippen LogP contribution in [-0.2, 0) is 24.8 Å². The SMILES string of the molecule is CCOP(=O)(OCC)[C@H]1Cc2ccccc2[C@@H]1C(=O)O. The van der Waals surface area contributed by atoms with E-state index in [0.29, 0.717) is 12.0 Å². The van der Waals surface area contributed by atoms with Crippen molar-refractivity contribution in [3.05, 3.63) is 35.4 Å². The van der Waals surface area contributed by atoms with Crippen LogP contribution in [0.15, 0.2) is 24.3 Å². The molecule has 2 atom stereocenters. The zero-order chi connectivity index (χ0) is 14.8. The number of fused-ring (bicyclic) bond motifs is 1. The van der Waals surface area contributed by atoms with Crippen molar-refractivity contribution in [3.63, 3.8) is 0 Å². The molecule has 2 rings (SSSR count). The lowest BCUT2D eigenvalue weighted by molar-refractivity contribution is -0.138. The minimum absolute atomic E-state index is 0.233. The monoisotopic (exact) mass is 298 g/mol. The molecule has 110 valence electrons. The fourth-order valence-corrected chi connectivity index (χ4v) is 5.01. The van der Waals surface area contributed by atoms with Gasteiger partial charge in [-0.1, -0.05) is 24.3 Å². The maximum Gasteiger partial charge on any atom is 0.335 e. The molecule has 0 aliphatic heterocycles. The van der Waals surface area contributed by atoms with Crippen LogP contribution in [0.2, 0.25) is 0 Å². The molecule has 0 amide bonds. The summed E-state index contributed by atoms with van der Waals surface area (Å²) in [4.78, 5) is 11.6. The highest BCUT2D eigenvalue weighted by Crippen LogP contribution is 2.61. The molecule has 5 nitrogen and oxygen atoms in total. The Labute approximate surface area is 118 Å². The summed E-state index contributed by atoms with van der Waals surface area (Å²) in [5.74, 6) is -1.82. The van der Waals surface area contributed by atoms with Crippen LogP contribution in [0, 0.1) is 0 Å². The first-order valence-corrected chi connectivity index (χ1v) is 8.34. The van der Waals surface area contributed by atoms with Crippen molar-refractivity contribution in [2.75, 3.05) is 13.2 Å². The molecule has 0 unspecified atom stereocenters. The van der Waals surface area contributed by atoms with Gasteiger partial charge in [-0.05, 0) is 31.4 Å². The molecular weight excluding hydrogens is 279 g/mol. The van der Waals surface area contributed by atoms with Crippen molar-refractivity contribution in [1.29, 1.82) is 0 Å². The molecule has 0 saturated heterocycles. The molecule has 1 aromatic rings. The Bertz CT molecular complexity index is 532. The molecular formula is C14H19O5P. The average molecular weight is 298 g/mol. The normalized spacial score (nSPS) is 21.7. The Morgan fingerprint density at radius 3 is 2.45 bits per heavy atom. The molecule has 6 heteroatoms. The van der Waals surface area contributed by atoms with Crippen LogP contribution in [-0.4, -0.2) is 29.9 Å². The molecule has 0 fully saturated rings. The third-order valence-corrected chi connectivity index (χ3v) is 6.02. The van der Waals surface area contributed by atoms with Gasteiger partial charge in [0.05, 0.1) is 24.8 Å². The van der Waals surface area contributed by atoms with Gasteiger partial charge in [0.25, 0.3) is 0 Å². The summed E-state index contributed by atoms with van der Waals surface area (Å²) in [5.41, 5.74) is 0.964. The van der Waals surface area contributed by atoms with Gasteiger partial charge in [0.1, 0.15) is 0 Å². The van der Waals surface area contributed by atoms with Crippen molar-refractivity contribution in [3.8, 4) is 0 Å². The number of benzene rings is 1. The first-order chi connectivity index (χ1) is 9.53. The minimum Gasteiger partial charge on any atom is -0.481 e. The smallest absolute Gasteiger partial charge is 0.335 e. The third-order valence-electron chi connectivity index (χ3n) is 3.49. The van der Waals surface area contributed by atoms with Crippen molar-refractivity contribution >= 4 is 13.6 Å². The minimum atomic E-state index is -3.44. The highest BCUT2D eigenvalue weighted by Gasteiger charge is 2.49. The molecule has 0 bridgehead atoms. The van der Waals surface area contributed by atoms with Crippen LogP contribution in [0.25, 0.3) is 0 Å². The first kappa shape index (κ1) is 15.2. The predicted molar refractivity (Wildman–Crippen MR) is 75.2 cm³/mol. The van der Waals surface area contributed by atoms with E-state index >= 15 is 0 Å². The highest BCUT2D eigenvalue weighted by atomic mass is 31.2. The molecule has 0 spiro atoms. The number of carboxylic acids is 1. The largest absolute Gasteiger partial charge is 0.481 e. The Morgan fingerprint density at radius 2 is 1.90 bits per heavy atom. The van der Waals surface area contributed by atoms with Crippen LogP contribution in [0.4, 0.5) is 0 Å². The number of carboxylic acid groups (broad SMARTS) is 1. The topological polar surface area (TPSA) is 72.8 Å². The zero-order valence-corrected chi connectivity index (χ0v) is 12.5. The van der Waals surface area contributed by atoms with Gasteiger partial charge in [-0.3, -0.25) is 9.36 Å². The van der Waals surface area contributed by atoms with E-state index in [2.05, 4.69) is 0 Å². The van der Waals surface area contributed by atoms with E-state index in [4.69, 9.17) is 9.05 Å². The Morgan fingerprint density at radius 1 is 1.30 bits per heavy atom. The molecule has 1 aliphatic carbocycles. The van der Waals surface area contributed by atoms with Gasteiger partial charge in [0.2, 0.25) is 0 Å². The second-order valence-electron chi connectivity index (χ2n) is 4.66. The summed E-state index contributed by atoms with van der Waals surface area (Å²) in [5, 5.41) is 9.50. The lowest BCUT2D eigenvalue weighted by Gasteiger charge is -2.26. The first-order valence-electron chi connectivity index (χ1n) is 6.73. The van der Waals surface area contributed by atoms with E-state index in [-0.39, 0.29) is 13.2 Å². The molecule has 1 N–H and O–H groups in total. The number of hydrogen-bond acceptors (Lipinski definition) is 4. The van der Waals surface area contributed by atoms with Crippen LogP contribution in [0.1, 0.15) is 30.9 Å². The summed E-state index contributed by atoms with van der Waals surface area (Å²) >= 11 is 0. The Balaban J connectivity index is 2.42. The van der Waals surface area contributed by atoms with E-state index in [1.807, 2.05) is 12.1 Å². The fraction of sp³-hybridized carbons (Fsp3) is 0.500. The second-order valence-corrected chi connectivity index (χ2v) is 6.92. The number of rotatable bonds is 6. The van der Waals surface area contributed by atoms with Crippen molar-refractivity contribution in [1.82, 2.24) is 0 Å². The Kier molecular flexibility index (Phi) is 4.63. The predicted octanol–water partition coefficient (Wildman–Crippen LogP) is 3.05. The molecule has 1 aliphatic rings. The third kappa shape index (κ3) is 2.66. The highest BCUT2D eigenvalue weighted by molar-refractivity contribution is 7.54. The summed E-state index contributed by atoms with van der Waals surface area (Å²) in [7, 11) is -3.44. The quantitative estimate of drug-likeness (QED) is 0.817. The van der Waals surface area contributed by atoms with E-state index < -0.39 is 25.1 Å². The lowest BCUT2D eigenvalue weighted by atomic mass is 10.0. The van der Waals surface area contributed by atoms with Gasteiger partial charge in [0, 0.05) is 0 Å². The van der Waals surface area contributed by atoms with Crippen LogP contribution in [0.3, 0.4) is 0 Å². The second kappa shape index (κ2) is 6.08. The van der Waals surface area contributed by atoms with E-state index in [9.17, 15) is 14.5 Å². The van der Waals surface area contributed by atoms with E-state index in [1.54, 1.807) is 26.0 Å². The van der Waals surface area contributed by atoms with Crippen molar-refractivity contribution in [2.45, 2.75) is 31.8 Å². The van der Waals surface area contributed by atoms with E-state index in [0.717, 1.165) is 5.56 Å².